The summed E-state index contributed by atoms with van der Waals surface area (Å²) in [6, 6.07) is 7.66. The number of rotatable bonds is 4. The maximum Gasteiger partial charge on any atom is 0.340 e. The normalized spacial score (nSPS) is 26.2. The van der Waals surface area contributed by atoms with Crippen molar-refractivity contribution in [1.82, 2.24) is 5.32 Å². The van der Waals surface area contributed by atoms with Crippen LogP contribution in [0, 0.1) is 0 Å². The average Bonchev–Trinajstić information content (AvgIpc) is 2.91. The van der Waals surface area contributed by atoms with Gasteiger partial charge in [0.1, 0.15) is 5.75 Å². The summed E-state index contributed by atoms with van der Waals surface area (Å²) in [6.45, 7) is 1.13. The molecule has 5 heteroatoms. The van der Waals surface area contributed by atoms with Crippen LogP contribution in [0.15, 0.2) is 24.3 Å². The van der Waals surface area contributed by atoms with Gasteiger partial charge < -0.3 is 19.5 Å². The minimum atomic E-state index is -0.955. The molecule has 0 spiro atoms. The van der Waals surface area contributed by atoms with Gasteiger partial charge in [-0.25, -0.2) is 4.79 Å². The Bertz CT molecular complexity index is 445. The molecule has 1 aromatic carbocycles. The zero-order valence-corrected chi connectivity index (χ0v) is 11.4. The van der Waals surface area contributed by atoms with Gasteiger partial charge in [-0.1, -0.05) is 12.1 Å². The smallest absolute Gasteiger partial charge is 0.340 e. The van der Waals surface area contributed by atoms with Crippen molar-refractivity contribution in [2.24, 2.45) is 0 Å². The minimum absolute atomic E-state index is 0.0733. The Morgan fingerprint density at radius 1 is 1.26 bits per heavy atom. The molecule has 0 amide bonds. The Morgan fingerprint density at radius 3 is 2.47 bits per heavy atom. The first-order chi connectivity index (χ1) is 9.17. The highest BCUT2D eigenvalue weighted by molar-refractivity contribution is 5.82. The molecule has 1 saturated heterocycles. The maximum absolute atomic E-state index is 12.1. The molecule has 0 aromatic heterocycles. The molecule has 0 radical (unpaired) electrons. The predicted octanol–water partition coefficient (Wildman–Crippen LogP) is 0.940. The minimum Gasteiger partial charge on any atom is -0.497 e. The van der Waals surface area contributed by atoms with E-state index in [2.05, 4.69) is 5.32 Å². The fraction of sp³-hybridized carbons (Fsp3) is 0.500. The van der Waals surface area contributed by atoms with E-state index in [-0.39, 0.29) is 11.9 Å². The molecule has 1 heterocycles. The summed E-state index contributed by atoms with van der Waals surface area (Å²) in [5.74, 6) is 0.368. The van der Waals surface area contributed by atoms with Gasteiger partial charge in [0.25, 0.3) is 0 Å². The van der Waals surface area contributed by atoms with E-state index in [4.69, 9.17) is 14.2 Å². The van der Waals surface area contributed by atoms with Gasteiger partial charge in [-0.05, 0) is 17.7 Å². The number of hydrogen-bond donors (Lipinski definition) is 1. The predicted molar refractivity (Wildman–Crippen MR) is 70.4 cm³/mol. The average molecular weight is 265 g/mol. The molecule has 1 aliphatic rings. The molecule has 19 heavy (non-hydrogen) atoms. The second kappa shape index (κ2) is 5.59. The molecular formula is C14H19NO4. The first-order valence-electron chi connectivity index (χ1n) is 6.16. The van der Waals surface area contributed by atoms with Crippen LogP contribution < -0.4 is 10.1 Å². The number of nitrogens with one attached hydrogen (secondary N) is 1. The van der Waals surface area contributed by atoms with Gasteiger partial charge in [-0.15, -0.1) is 0 Å². The highest BCUT2D eigenvalue weighted by Crippen LogP contribution is 2.36. The highest BCUT2D eigenvalue weighted by Gasteiger charge is 2.51. The largest absolute Gasteiger partial charge is 0.497 e. The van der Waals surface area contributed by atoms with Crippen molar-refractivity contribution in [3.8, 4) is 5.75 Å². The molecule has 0 unspecified atom stereocenters. The summed E-state index contributed by atoms with van der Waals surface area (Å²) in [7, 11) is 4.55. The third-order valence-electron chi connectivity index (χ3n) is 3.71. The fourth-order valence-electron chi connectivity index (χ4n) is 2.60. The van der Waals surface area contributed by atoms with Crippen molar-refractivity contribution in [3.05, 3.63) is 29.8 Å². The van der Waals surface area contributed by atoms with E-state index in [0.29, 0.717) is 13.1 Å². The topological polar surface area (TPSA) is 56.8 Å². The lowest BCUT2D eigenvalue weighted by Crippen LogP contribution is -2.47. The van der Waals surface area contributed by atoms with Gasteiger partial charge in [0.2, 0.25) is 0 Å². The van der Waals surface area contributed by atoms with Crippen molar-refractivity contribution in [2.75, 3.05) is 34.4 Å². The molecule has 5 nitrogen and oxygen atoms in total. The van der Waals surface area contributed by atoms with E-state index in [9.17, 15) is 4.79 Å². The van der Waals surface area contributed by atoms with Crippen LogP contribution in [0.5, 0.6) is 5.75 Å². The summed E-state index contributed by atoms with van der Waals surface area (Å²) in [5, 5.41) is 3.20. The van der Waals surface area contributed by atoms with E-state index >= 15 is 0 Å². The monoisotopic (exact) mass is 265 g/mol. The van der Waals surface area contributed by atoms with E-state index in [0.717, 1.165) is 11.3 Å². The van der Waals surface area contributed by atoms with Crippen LogP contribution in [-0.2, 0) is 14.3 Å². The van der Waals surface area contributed by atoms with Crippen LogP contribution in [0.2, 0.25) is 0 Å². The number of ether oxygens (including phenoxy) is 3. The Hall–Kier alpha value is -1.59. The van der Waals surface area contributed by atoms with Crippen LogP contribution in [-0.4, -0.2) is 46.0 Å². The standard InChI is InChI=1S/C14H19NO4/c1-17-11-6-4-10(5-7-11)12-8-15-9-14(12,19-3)13(16)18-2/h4-7,12,15H,8-9H2,1-3H3/t12-,14-/m0/s1. The third kappa shape index (κ3) is 2.31. The number of hydrogen-bond acceptors (Lipinski definition) is 5. The summed E-state index contributed by atoms with van der Waals surface area (Å²) < 4.78 is 15.5. The summed E-state index contributed by atoms with van der Waals surface area (Å²) in [5.41, 5.74) is 0.0710. The Kier molecular flexibility index (Phi) is 4.07. The van der Waals surface area contributed by atoms with Crippen LogP contribution >= 0.6 is 0 Å². The van der Waals surface area contributed by atoms with Crippen LogP contribution in [0.4, 0.5) is 0 Å². The van der Waals surface area contributed by atoms with Gasteiger partial charge in [-0.2, -0.15) is 0 Å². The van der Waals surface area contributed by atoms with E-state index in [1.54, 1.807) is 14.2 Å². The first-order valence-corrected chi connectivity index (χ1v) is 6.16. The van der Waals surface area contributed by atoms with Crippen molar-refractivity contribution in [3.63, 3.8) is 0 Å². The number of methoxy groups -OCH3 is 3. The van der Waals surface area contributed by atoms with Gasteiger partial charge in [0.05, 0.1) is 14.2 Å². The number of benzene rings is 1. The van der Waals surface area contributed by atoms with Gasteiger partial charge in [0, 0.05) is 26.1 Å². The molecule has 2 atom stereocenters. The lowest BCUT2D eigenvalue weighted by atomic mass is 9.84. The maximum atomic E-state index is 12.1. The highest BCUT2D eigenvalue weighted by atomic mass is 16.6. The zero-order chi connectivity index (χ0) is 13.9. The molecule has 1 fully saturated rings. The molecule has 104 valence electrons. The Labute approximate surface area is 112 Å². The second-order valence-corrected chi connectivity index (χ2v) is 4.54. The third-order valence-corrected chi connectivity index (χ3v) is 3.71. The number of carbonyl (C=O) groups excluding carboxylic acids is 1. The fourth-order valence-corrected chi connectivity index (χ4v) is 2.60. The quantitative estimate of drug-likeness (QED) is 0.821. The van der Waals surface area contributed by atoms with Crippen LogP contribution in [0.3, 0.4) is 0 Å². The van der Waals surface area contributed by atoms with Crippen molar-refractivity contribution in [2.45, 2.75) is 11.5 Å². The molecule has 1 aromatic rings. The second-order valence-electron chi connectivity index (χ2n) is 4.54. The molecular weight excluding hydrogens is 246 g/mol. The SMILES string of the molecule is COC(=O)[C@]1(OC)CNC[C@H]1c1ccc(OC)cc1. The first kappa shape index (κ1) is 13.8. The summed E-state index contributed by atoms with van der Waals surface area (Å²) in [4.78, 5) is 12.1. The molecule has 0 bridgehead atoms. The van der Waals surface area contributed by atoms with E-state index < -0.39 is 5.60 Å². The van der Waals surface area contributed by atoms with Crippen molar-refractivity contribution < 1.29 is 19.0 Å². The molecule has 2 rings (SSSR count). The summed E-state index contributed by atoms with van der Waals surface area (Å²) >= 11 is 0. The Morgan fingerprint density at radius 2 is 1.95 bits per heavy atom. The zero-order valence-electron chi connectivity index (χ0n) is 11.4. The van der Waals surface area contributed by atoms with Crippen LogP contribution in [0.25, 0.3) is 0 Å². The molecule has 1 N–H and O–H groups in total. The Balaban J connectivity index is 2.33. The van der Waals surface area contributed by atoms with Crippen molar-refractivity contribution >= 4 is 5.97 Å². The number of esters is 1. The molecule has 0 saturated carbocycles. The lowest BCUT2D eigenvalue weighted by Gasteiger charge is -2.30. The van der Waals surface area contributed by atoms with Gasteiger partial charge >= 0.3 is 5.97 Å². The van der Waals surface area contributed by atoms with Gasteiger partial charge in [0.15, 0.2) is 5.60 Å². The number of carbonyl (C=O) groups is 1. The molecule has 1 aliphatic heterocycles. The van der Waals surface area contributed by atoms with Gasteiger partial charge in [-0.3, -0.25) is 0 Å². The van der Waals surface area contributed by atoms with E-state index in [1.165, 1.54) is 7.11 Å². The molecule has 0 aliphatic carbocycles. The van der Waals surface area contributed by atoms with Crippen LogP contribution in [0.1, 0.15) is 11.5 Å². The van der Waals surface area contributed by atoms with Crippen molar-refractivity contribution in [1.29, 1.82) is 0 Å². The summed E-state index contributed by atoms with van der Waals surface area (Å²) in [6.07, 6.45) is 0. The van der Waals surface area contributed by atoms with E-state index in [1.807, 2.05) is 24.3 Å². The lowest BCUT2D eigenvalue weighted by molar-refractivity contribution is -0.165.